The summed E-state index contributed by atoms with van der Waals surface area (Å²) in [7, 11) is 3.12. The number of nitrogens with one attached hydrogen (secondary N) is 1. The first-order valence-electron chi connectivity index (χ1n) is 6.57. The van der Waals surface area contributed by atoms with Crippen molar-refractivity contribution in [2.75, 3.05) is 12.4 Å². The third-order valence-corrected chi connectivity index (χ3v) is 3.28. The van der Waals surface area contributed by atoms with Crippen molar-refractivity contribution in [2.24, 2.45) is 7.05 Å². The van der Waals surface area contributed by atoms with E-state index in [2.05, 4.69) is 15.2 Å². The lowest BCUT2D eigenvalue weighted by Gasteiger charge is -2.17. The molecule has 1 heterocycles. The van der Waals surface area contributed by atoms with Crippen molar-refractivity contribution < 1.29 is 13.9 Å². The van der Waals surface area contributed by atoms with Crippen LogP contribution in [0.2, 0.25) is 0 Å². The predicted molar refractivity (Wildman–Crippen MR) is 77.7 cm³/mol. The van der Waals surface area contributed by atoms with Crippen LogP contribution in [0.4, 0.5) is 10.1 Å². The van der Waals surface area contributed by atoms with Crippen LogP contribution in [0.1, 0.15) is 34.6 Å². The number of carbonyl (C=O) groups excluding carboxylic acids is 1. The lowest BCUT2D eigenvalue weighted by molar-refractivity contribution is 0.0601. The van der Waals surface area contributed by atoms with Crippen LogP contribution in [-0.2, 0) is 11.8 Å². The largest absolute Gasteiger partial charge is 0.465 e. The lowest BCUT2D eigenvalue weighted by Crippen LogP contribution is -2.12. The molecule has 0 radical (unpaired) electrons. The monoisotopic (exact) mass is 291 g/mol. The van der Waals surface area contributed by atoms with E-state index in [0.29, 0.717) is 5.69 Å². The van der Waals surface area contributed by atoms with Crippen molar-refractivity contribution >= 4 is 11.7 Å². The molecule has 21 heavy (non-hydrogen) atoms. The van der Waals surface area contributed by atoms with Crippen molar-refractivity contribution in [2.45, 2.75) is 19.9 Å². The number of ether oxygens (including phenoxy) is 1. The van der Waals surface area contributed by atoms with Gasteiger partial charge in [0.25, 0.3) is 0 Å². The van der Waals surface area contributed by atoms with Crippen molar-refractivity contribution in [1.82, 2.24) is 9.78 Å². The molecular formula is C15H18FN3O2. The quantitative estimate of drug-likeness (QED) is 0.880. The number of methoxy groups -OCH3 is 1. The molecule has 2 aromatic rings. The van der Waals surface area contributed by atoms with E-state index < -0.39 is 11.8 Å². The van der Waals surface area contributed by atoms with E-state index in [1.807, 2.05) is 27.1 Å². The van der Waals surface area contributed by atoms with Gasteiger partial charge in [-0.3, -0.25) is 4.68 Å². The van der Waals surface area contributed by atoms with Gasteiger partial charge in [0.2, 0.25) is 0 Å². The average Bonchev–Trinajstić information content (AvgIpc) is 2.78. The number of anilines is 1. The normalized spacial score (nSPS) is 12.0. The molecule has 112 valence electrons. The van der Waals surface area contributed by atoms with Crippen LogP contribution < -0.4 is 5.32 Å². The highest BCUT2D eigenvalue weighted by Gasteiger charge is 2.17. The third-order valence-electron chi connectivity index (χ3n) is 3.28. The maximum Gasteiger partial charge on any atom is 0.340 e. The molecule has 0 fully saturated rings. The minimum absolute atomic E-state index is 0.0763. The van der Waals surface area contributed by atoms with Gasteiger partial charge in [0.15, 0.2) is 0 Å². The van der Waals surface area contributed by atoms with E-state index in [-0.39, 0.29) is 11.6 Å². The van der Waals surface area contributed by atoms with Gasteiger partial charge >= 0.3 is 5.97 Å². The molecule has 1 N–H and O–H groups in total. The minimum Gasteiger partial charge on any atom is -0.465 e. The predicted octanol–water partition coefficient (Wildman–Crippen LogP) is 2.83. The van der Waals surface area contributed by atoms with Gasteiger partial charge in [-0.15, -0.1) is 0 Å². The molecule has 0 saturated heterocycles. The van der Waals surface area contributed by atoms with E-state index in [1.165, 1.54) is 19.2 Å². The fourth-order valence-electron chi connectivity index (χ4n) is 2.28. The Morgan fingerprint density at radius 3 is 2.76 bits per heavy atom. The van der Waals surface area contributed by atoms with Crippen LogP contribution in [-0.4, -0.2) is 22.9 Å². The zero-order valence-corrected chi connectivity index (χ0v) is 12.5. The van der Waals surface area contributed by atoms with Crippen LogP contribution in [0.5, 0.6) is 0 Å². The van der Waals surface area contributed by atoms with Crippen LogP contribution in [0, 0.1) is 12.7 Å². The highest BCUT2D eigenvalue weighted by atomic mass is 19.1. The Morgan fingerprint density at radius 1 is 1.48 bits per heavy atom. The molecule has 1 aromatic carbocycles. The number of aromatic nitrogens is 2. The number of hydrogen-bond acceptors (Lipinski definition) is 4. The molecule has 0 aliphatic heterocycles. The molecule has 2 rings (SSSR count). The summed E-state index contributed by atoms with van der Waals surface area (Å²) in [4.78, 5) is 11.7. The first-order valence-corrected chi connectivity index (χ1v) is 6.57. The number of hydrogen-bond donors (Lipinski definition) is 1. The molecule has 6 heteroatoms. The zero-order chi connectivity index (χ0) is 15.6. The highest BCUT2D eigenvalue weighted by Crippen LogP contribution is 2.25. The van der Waals surface area contributed by atoms with Crippen molar-refractivity contribution in [1.29, 1.82) is 0 Å². The van der Waals surface area contributed by atoms with Crippen LogP contribution in [0.25, 0.3) is 0 Å². The smallest absolute Gasteiger partial charge is 0.340 e. The maximum atomic E-state index is 13.3. The third kappa shape index (κ3) is 3.21. The summed E-state index contributed by atoms with van der Waals surface area (Å²) in [5.41, 5.74) is 2.61. The highest BCUT2D eigenvalue weighted by molar-refractivity contribution is 5.95. The molecule has 0 aliphatic carbocycles. The standard InChI is InChI=1S/C15H18FN3O2/c1-9(13-8-19(3)18-10(13)2)17-14-6-5-11(16)7-12(14)15(20)21-4/h5-9,17H,1-4H3. The molecule has 1 aromatic heterocycles. The molecule has 1 atom stereocenters. The fraction of sp³-hybridized carbons (Fsp3) is 0.333. The summed E-state index contributed by atoms with van der Waals surface area (Å²) in [6.45, 7) is 3.87. The minimum atomic E-state index is -0.577. The van der Waals surface area contributed by atoms with Gasteiger partial charge in [-0.25, -0.2) is 9.18 Å². The number of benzene rings is 1. The van der Waals surface area contributed by atoms with Crippen molar-refractivity contribution in [3.8, 4) is 0 Å². The number of esters is 1. The SMILES string of the molecule is COC(=O)c1cc(F)ccc1NC(C)c1cn(C)nc1C. The molecule has 0 saturated carbocycles. The van der Waals surface area contributed by atoms with E-state index in [9.17, 15) is 9.18 Å². The second-order valence-corrected chi connectivity index (χ2v) is 4.89. The summed E-state index contributed by atoms with van der Waals surface area (Å²) in [6.07, 6.45) is 1.91. The lowest BCUT2D eigenvalue weighted by atomic mass is 10.1. The van der Waals surface area contributed by atoms with Gasteiger partial charge in [-0.2, -0.15) is 5.10 Å². The molecular weight excluding hydrogens is 273 g/mol. The number of aryl methyl sites for hydroxylation is 2. The Kier molecular flexibility index (Phi) is 4.26. The maximum absolute atomic E-state index is 13.3. The second-order valence-electron chi connectivity index (χ2n) is 4.89. The Bertz CT molecular complexity index is 667. The van der Waals surface area contributed by atoms with Crippen LogP contribution in [0.3, 0.4) is 0 Å². The first-order chi connectivity index (χ1) is 9.92. The van der Waals surface area contributed by atoms with E-state index >= 15 is 0 Å². The Morgan fingerprint density at radius 2 is 2.19 bits per heavy atom. The molecule has 0 amide bonds. The van der Waals surface area contributed by atoms with Gasteiger partial charge in [-0.1, -0.05) is 0 Å². The van der Waals surface area contributed by atoms with Gasteiger partial charge in [0.05, 0.1) is 24.4 Å². The van der Waals surface area contributed by atoms with Gasteiger partial charge in [0, 0.05) is 24.5 Å². The Hall–Kier alpha value is -2.37. The summed E-state index contributed by atoms with van der Waals surface area (Å²) in [6, 6.07) is 3.92. The molecule has 0 bridgehead atoms. The van der Waals surface area contributed by atoms with Crippen molar-refractivity contribution in [3.63, 3.8) is 0 Å². The zero-order valence-electron chi connectivity index (χ0n) is 12.5. The van der Waals surface area contributed by atoms with E-state index in [0.717, 1.165) is 17.3 Å². The van der Waals surface area contributed by atoms with E-state index in [4.69, 9.17) is 0 Å². The van der Waals surface area contributed by atoms with Crippen LogP contribution >= 0.6 is 0 Å². The van der Waals surface area contributed by atoms with Crippen molar-refractivity contribution in [3.05, 3.63) is 47.0 Å². The molecule has 1 unspecified atom stereocenters. The topological polar surface area (TPSA) is 56.1 Å². The first kappa shape index (κ1) is 15.0. The summed E-state index contributed by atoms with van der Waals surface area (Å²) >= 11 is 0. The molecule has 0 spiro atoms. The number of rotatable bonds is 4. The molecule has 0 aliphatic rings. The summed E-state index contributed by atoms with van der Waals surface area (Å²) in [5, 5.41) is 7.49. The average molecular weight is 291 g/mol. The van der Waals surface area contributed by atoms with Gasteiger partial charge in [0.1, 0.15) is 5.82 Å². The van der Waals surface area contributed by atoms with Crippen LogP contribution in [0.15, 0.2) is 24.4 Å². The molecule has 5 nitrogen and oxygen atoms in total. The Labute approximate surface area is 122 Å². The summed E-state index contributed by atoms with van der Waals surface area (Å²) in [5.74, 6) is -1.06. The number of halogens is 1. The van der Waals surface area contributed by atoms with E-state index in [1.54, 1.807) is 4.68 Å². The fourth-order valence-corrected chi connectivity index (χ4v) is 2.28. The van der Waals surface area contributed by atoms with Gasteiger partial charge in [-0.05, 0) is 32.0 Å². The second kappa shape index (κ2) is 5.95. The van der Waals surface area contributed by atoms with Gasteiger partial charge < -0.3 is 10.1 Å². The summed E-state index contributed by atoms with van der Waals surface area (Å²) < 4.78 is 19.7. The number of carbonyl (C=O) groups is 1. The number of nitrogens with zero attached hydrogens (tertiary/aromatic N) is 2. The Balaban J connectivity index is 2.31.